The fourth-order valence-corrected chi connectivity index (χ4v) is 1.77. The second-order valence-corrected chi connectivity index (χ2v) is 3.60. The minimum absolute atomic E-state index is 0.254. The Labute approximate surface area is 83.7 Å². The Kier molecular flexibility index (Phi) is 2.70. The van der Waals surface area contributed by atoms with E-state index in [4.69, 9.17) is 9.84 Å². The Balaban J connectivity index is 2.09. The Bertz CT molecular complexity index is 295. The SMILES string of the molecule is COc1ccc(C2NCC2CO)cc1. The molecule has 1 aliphatic heterocycles. The first-order valence-corrected chi connectivity index (χ1v) is 4.83. The fourth-order valence-electron chi connectivity index (χ4n) is 1.77. The van der Waals surface area contributed by atoms with Crippen molar-refractivity contribution in [1.29, 1.82) is 0 Å². The summed E-state index contributed by atoms with van der Waals surface area (Å²) in [5, 5.41) is 12.4. The number of benzene rings is 1. The van der Waals surface area contributed by atoms with Gasteiger partial charge in [0.1, 0.15) is 5.75 Å². The average molecular weight is 193 g/mol. The normalized spacial score (nSPS) is 25.6. The summed E-state index contributed by atoms with van der Waals surface area (Å²) in [7, 11) is 1.66. The first-order chi connectivity index (χ1) is 6.85. The van der Waals surface area contributed by atoms with Gasteiger partial charge in [0.05, 0.1) is 7.11 Å². The van der Waals surface area contributed by atoms with Gasteiger partial charge in [-0.25, -0.2) is 0 Å². The summed E-state index contributed by atoms with van der Waals surface area (Å²) < 4.78 is 5.08. The van der Waals surface area contributed by atoms with E-state index in [0.29, 0.717) is 12.0 Å². The van der Waals surface area contributed by atoms with Crippen molar-refractivity contribution in [2.24, 2.45) is 5.92 Å². The highest BCUT2D eigenvalue weighted by atomic mass is 16.5. The lowest BCUT2D eigenvalue weighted by Gasteiger charge is -2.37. The summed E-state index contributed by atoms with van der Waals surface area (Å²) in [4.78, 5) is 0. The van der Waals surface area contributed by atoms with Crippen molar-refractivity contribution in [3.05, 3.63) is 29.8 Å². The summed E-state index contributed by atoms with van der Waals surface area (Å²) in [5.74, 6) is 1.23. The zero-order chi connectivity index (χ0) is 9.97. The Morgan fingerprint density at radius 3 is 2.57 bits per heavy atom. The van der Waals surface area contributed by atoms with E-state index in [0.717, 1.165) is 12.3 Å². The predicted octanol–water partition coefficient (Wildman–Crippen LogP) is 0.948. The van der Waals surface area contributed by atoms with Crippen molar-refractivity contribution >= 4 is 0 Å². The summed E-state index contributed by atoms with van der Waals surface area (Å²) >= 11 is 0. The maximum Gasteiger partial charge on any atom is 0.118 e. The topological polar surface area (TPSA) is 41.5 Å². The van der Waals surface area contributed by atoms with Crippen LogP contribution in [0.25, 0.3) is 0 Å². The molecule has 2 unspecified atom stereocenters. The second-order valence-electron chi connectivity index (χ2n) is 3.60. The molecule has 1 heterocycles. The Hall–Kier alpha value is -1.06. The molecule has 0 radical (unpaired) electrons. The van der Waals surface area contributed by atoms with Crippen LogP contribution in [0.15, 0.2) is 24.3 Å². The summed E-state index contributed by atoms with van der Waals surface area (Å²) in [6.07, 6.45) is 0. The van der Waals surface area contributed by atoms with Gasteiger partial charge in [0, 0.05) is 25.1 Å². The van der Waals surface area contributed by atoms with Crippen molar-refractivity contribution in [3.63, 3.8) is 0 Å². The first-order valence-electron chi connectivity index (χ1n) is 4.83. The van der Waals surface area contributed by atoms with Crippen molar-refractivity contribution in [3.8, 4) is 5.75 Å². The molecule has 0 saturated carbocycles. The fraction of sp³-hybridized carbons (Fsp3) is 0.455. The summed E-state index contributed by atoms with van der Waals surface area (Å²) in [5.41, 5.74) is 1.22. The van der Waals surface area contributed by atoms with Gasteiger partial charge in [0.2, 0.25) is 0 Å². The molecule has 0 aliphatic carbocycles. The lowest BCUT2D eigenvalue weighted by molar-refractivity contribution is 0.128. The highest BCUT2D eigenvalue weighted by Gasteiger charge is 2.30. The predicted molar refractivity (Wildman–Crippen MR) is 54.3 cm³/mol. The van der Waals surface area contributed by atoms with Gasteiger partial charge in [-0.05, 0) is 17.7 Å². The van der Waals surface area contributed by atoms with Crippen LogP contribution in [0.3, 0.4) is 0 Å². The molecule has 0 amide bonds. The van der Waals surface area contributed by atoms with Gasteiger partial charge >= 0.3 is 0 Å². The molecule has 0 aromatic heterocycles. The van der Waals surface area contributed by atoms with E-state index in [9.17, 15) is 0 Å². The van der Waals surface area contributed by atoms with E-state index in [2.05, 4.69) is 5.32 Å². The average Bonchev–Trinajstić information content (AvgIpc) is 2.18. The highest BCUT2D eigenvalue weighted by molar-refractivity contribution is 5.30. The van der Waals surface area contributed by atoms with E-state index in [1.807, 2.05) is 24.3 Å². The zero-order valence-corrected chi connectivity index (χ0v) is 8.23. The first kappa shape index (κ1) is 9.49. The number of aliphatic hydroxyl groups is 1. The summed E-state index contributed by atoms with van der Waals surface area (Å²) in [6, 6.07) is 8.29. The molecule has 76 valence electrons. The van der Waals surface area contributed by atoms with Gasteiger partial charge in [0.15, 0.2) is 0 Å². The number of hydrogen-bond donors (Lipinski definition) is 2. The van der Waals surface area contributed by atoms with E-state index < -0.39 is 0 Å². The zero-order valence-electron chi connectivity index (χ0n) is 8.23. The number of hydrogen-bond acceptors (Lipinski definition) is 3. The quantitative estimate of drug-likeness (QED) is 0.751. The third-order valence-electron chi connectivity index (χ3n) is 2.78. The molecule has 3 heteroatoms. The van der Waals surface area contributed by atoms with Crippen LogP contribution in [0.1, 0.15) is 11.6 Å². The Morgan fingerprint density at radius 1 is 1.43 bits per heavy atom. The van der Waals surface area contributed by atoms with Crippen LogP contribution in [-0.4, -0.2) is 25.4 Å². The van der Waals surface area contributed by atoms with Crippen LogP contribution < -0.4 is 10.1 Å². The molecule has 1 aromatic carbocycles. The molecule has 2 atom stereocenters. The van der Waals surface area contributed by atoms with Crippen LogP contribution in [0.5, 0.6) is 5.75 Å². The van der Waals surface area contributed by atoms with E-state index >= 15 is 0 Å². The molecule has 0 bridgehead atoms. The van der Waals surface area contributed by atoms with E-state index in [-0.39, 0.29) is 6.61 Å². The molecular formula is C11H15NO2. The van der Waals surface area contributed by atoms with Crippen molar-refractivity contribution in [2.45, 2.75) is 6.04 Å². The Morgan fingerprint density at radius 2 is 2.14 bits per heavy atom. The van der Waals surface area contributed by atoms with Gasteiger partial charge in [0.25, 0.3) is 0 Å². The third kappa shape index (κ3) is 1.61. The molecule has 14 heavy (non-hydrogen) atoms. The standard InChI is InChI=1S/C11H15NO2/c1-14-10-4-2-8(3-5-10)11-9(7-13)6-12-11/h2-5,9,11-13H,6-7H2,1H3. The molecule has 0 spiro atoms. The molecule has 2 N–H and O–H groups in total. The highest BCUT2D eigenvalue weighted by Crippen LogP contribution is 2.29. The molecular weight excluding hydrogens is 178 g/mol. The van der Waals surface area contributed by atoms with Crippen LogP contribution in [0.4, 0.5) is 0 Å². The second kappa shape index (κ2) is 3.98. The van der Waals surface area contributed by atoms with Crippen molar-refractivity contribution in [1.82, 2.24) is 5.32 Å². The van der Waals surface area contributed by atoms with Gasteiger partial charge in [-0.2, -0.15) is 0 Å². The van der Waals surface area contributed by atoms with Gasteiger partial charge in [-0.1, -0.05) is 12.1 Å². The number of nitrogens with one attached hydrogen (secondary N) is 1. The number of aliphatic hydroxyl groups excluding tert-OH is 1. The number of ether oxygens (including phenoxy) is 1. The van der Waals surface area contributed by atoms with Crippen LogP contribution in [0.2, 0.25) is 0 Å². The summed E-state index contributed by atoms with van der Waals surface area (Å²) in [6.45, 7) is 1.16. The molecule has 1 aliphatic rings. The van der Waals surface area contributed by atoms with Gasteiger partial charge < -0.3 is 15.2 Å². The minimum Gasteiger partial charge on any atom is -0.497 e. The monoisotopic (exact) mass is 193 g/mol. The largest absolute Gasteiger partial charge is 0.497 e. The lowest BCUT2D eigenvalue weighted by Crippen LogP contribution is -2.47. The molecule has 1 fully saturated rings. The number of methoxy groups -OCH3 is 1. The lowest BCUT2D eigenvalue weighted by atomic mass is 9.87. The smallest absolute Gasteiger partial charge is 0.118 e. The van der Waals surface area contributed by atoms with E-state index in [1.54, 1.807) is 7.11 Å². The molecule has 1 aromatic rings. The van der Waals surface area contributed by atoms with Crippen LogP contribution in [-0.2, 0) is 0 Å². The molecule has 1 saturated heterocycles. The molecule has 3 nitrogen and oxygen atoms in total. The molecule has 2 rings (SSSR count). The van der Waals surface area contributed by atoms with E-state index in [1.165, 1.54) is 5.56 Å². The number of rotatable bonds is 3. The van der Waals surface area contributed by atoms with Crippen LogP contribution in [0, 0.1) is 5.92 Å². The van der Waals surface area contributed by atoms with Crippen molar-refractivity contribution in [2.75, 3.05) is 20.3 Å². The van der Waals surface area contributed by atoms with Crippen molar-refractivity contribution < 1.29 is 9.84 Å². The van der Waals surface area contributed by atoms with Crippen LogP contribution >= 0.6 is 0 Å². The minimum atomic E-state index is 0.254. The third-order valence-corrected chi connectivity index (χ3v) is 2.78. The van der Waals surface area contributed by atoms with Gasteiger partial charge in [-0.15, -0.1) is 0 Å². The maximum absolute atomic E-state index is 9.05. The van der Waals surface area contributed by atoms with Gasteiger partial charge in [-0.3, -0.25) is 0 Å². The maximum atomic E-state index is 9.05.